The van der Waals surface area contributed by atoms with E-state index >= 15 is 0 Å². The van der Waals surface area contributed by atoms with Crippen molar-refractivity contribution in [1.29, 1.82) is 0 Å². The second-order valence-electron chi connectivity index (χ2n) is 4.45. The van der Waals surface area contributed by atoms with Crippen molar-refractivity contribution in [3.05, 3.63) is 28.4 Å². The molecule has 1 aromatic rings. The van der Waals surface area contributed by atoms with Crippen LogP contribution < -0.4 is 4.74 Å². The second-order valence-corrected chi connectivity index (χ2v) is 4.45. The summed E-state index contributed by atoms with van der Waals surface area (Å²) in [6.07, 6.45) is -6.03. The minimum absolute atomic E-state index is 0.169. The summed E-state index contributed by atoms with van der Waals surface area (Å²) in [4.78, 5) is 26.9. The molecule has 0 bridgehead atoms. The molecule has 0 saturated carbocycles. The molecule has 1 unspecified atom stereocenters. The van der Waals surface area contributed by atoms with Crippen molar-refractivity contribution in [1.82, 2.24) is 0 Å². The highest BCUT2D eigenvalue weighted by atomic mass is 19.4. The largest absolute Gasteiger partial charge is 0.466 e. The highest BCUT2D eigenvalue weighted by Gasteiger charge is 2.67. The maximum atomic E-state index is 13.7. The van der Waals surface area contributed by atoms with Gasteiger partial charge in [-0.1, -0.05) is 0 Å². The molecule has 1 aliphatic heterocycles. The quantitative estimate of drug-likeness (QED) is 0.484. The molecule has 0 spiro atoms. The van der Waals surface area contributed by atoms with Gasteiger partial charge in [-0.15, -0.1) is 0 Å². The van der Waals surface area contributed by atoms with Crippen molar-refractivity contribution in [3.63, 3.8) is 0 Å². The van der Waals surface area contributed by atoms with Crippen LogP contribution in [0.1, 0.15) is 5.56 Å². The smallest absolute Gasteiger partial charge is 0.439 e. The number of hydrogen-bond acceptors (Lipinski definition) is 5. The van der Waals surface area contributed by atoms with E-state index < -0.39 is 41.4 Å². The fourth-order valence-corrected chi connectivity index (χ4v) is 2.10. The molecule has 1 aromatic carbocycles. The summed E-state index contributed by atoms with van der Waals surface area (Å²) in [7, 11) is 1.74. The standard InChI is InChI=1S/C12H10F4NO5/c1-20-10(18)11(12(14,15)16)5-6-3-8(17(19)21-2)7(13)4-9(6)22-11/h3-4H,5H2,1-2H3/q+1. The first-order chi connectivity index (χ1) is 10.2. The molecule has 120 valence electrons. The fraction of sp³-hybridized carbons (Fsp3) is 0.417. The Kier molecular flexibility index (Phi) is 3.71. The van der Waals surface area contributed by atoms with Crippen molar-refractivity contribution in [2.45, 2.75) is 18.2 Å². The van der Waals surface area contributed by atoms with Crippen molar-refractivity contribution in [3.8, 4) is 5.75 Å². The van der Waals surface area contributed by atoms with Gasteiger partial charge in [0.2, 0.25) is 5.82 Å². The lowest BCUT2D eigenvalue weighted by atomic mass is 9.96. The molecule has 0 amide bonds. The van der Waals surface area contributed by atoms with Crippen molar-refractivity contribution < 1.29 is 41.6 Å². The van der Waals surface area contributed by atoms with Crippen LogP contribution in [0.2, 0.25) is 0 Å². The number of hydrogen-bond donors (Lipinski definition) is 0. The van der Waals surface area contributed by atoms with Gasteiger partial charge in [-0.05, 0) is 0 Å². The molecule has 1 heterocycles. The van der Waals surface area contributed by atoms with Crippen molar-refractivity contribution in [2.75, 3.05) is 14.2 Å². The SMILES string of the molecule is COC(=O)C1(C(F)(F)F)Cc2cc([N+](=O)OC)c(F)cc2O1. The van der Waals surface area contributed by atoms with Gasteiger partial charge in [-0.25, -0.2) is 9.63 Å². The molecule has 0 aliphatic carbocycles. The van der Waals surface area contributed by atoms with Crippen LogP contribution in [0.3, 0.4) is 0 Å². The van der Waals surface area contributed by atoms with Crippen molar-refractivity contribution >= 4 is 11.7 Å². The zero-order valence-corrected chi connectivity index (χ0v) is 11.4. The summed E-state index contributed by atoms with van der Waals surface area (Å²) in [6.45, 7) is 0. The van der Waals surface area contributed by atoms with Crippen LogP contribution in [-0.4, -0.2) is 36.9 Å². The van der Waals surface area contributed by atoms with Crippen LogP contribution in [0.5, 0.6) is 5.75 Å². The Morgan fingerprint density at radius 1 is 1.36 bits per heavy atom. The monoisotopic (exact) mass is 324 g/mol. The molecule has 2 rings (SSSR count). The number of carbonyl (C=O) groups excluding carboxylic acids is 1. The lowest BCUT2D eigenvalue weighted by molar-refractivity contribution is -0.737. The zero-order chi connectivity index (χ0) is 16.7. The maximum absolute atomic E-state index is 13.7. The summed E-state index contributed by atoms with van der Waals surface area (Å²) in [5.74, 6) is -3.31. The summed E-state index contributed by atoms with van der Waals surface area (Å²) in [5.41, 5.74) is -4.07. The van der Waals surface area contributed by atoms with E-state index in [1.807, 2.05) is 0 Å². The van der Waals surface area contributed by atoms with Crippen LogP contribution in [0.15, 0.2) is 12.1 Å². The number of methoxy groups -OCH3 is 1. The van der Waals surface area contributed by atoms with E-state index in [9.17, 15) is 27.3 Å². The van der Waals surface area contributed by atoms with Gasteiger partial charge in [-0.3, -0.25) is 0 Å². The molecule has 0 saturated heterocycles. The molecule has 0 N–H and O–H groups in total. The summed E-state index contributed by atoms with van der Waals surface area (Å²) < 4.78 is 62.2. The average Bonchev–Trinajstić information content (AvgIpc) is 2.83. The van der Waals surface area contributed by atoms with Gasteiger partial charge in [0, 0.05) is 24.1 Å². The number of carbonyl (C=O) groups is 1. The Morgan fingerprint density at radius 3 is 2.50 bits per heavy atom. The van der Waals surface area contributed by atoms with E-state index in [-0.39, 0.29) is 10.5 Å². The molecular weight excluding hydrogens is 314 g/mol. The normalized spacial score (nSPS) is 20.1. The number of esters is 1. The van der Waals surface area contributed by atoms with Gasteiger partial charge in [0.1, 0.15) is 5.75 Å². The number of halogens is 4. The molecular formula is C12H10F4NO5+. The third-order valence-electron chi connectivity index (χ3n) is 3.19. The second kappa shape index (κ2) is 5.11. The Labute approximate surface area is 121 Å². The highest BCUT2D eigenvalue weighted by Crippen LogP contribution is 2.46. The molecule has 1 atom stereocenters. The van der Waals surface area contributed by atoms with Crippen LogP contribution in [0.4, 0.5) is 23.2 Å². The zero-order valence-electron chi connectivity index (χ0n) is 11.4. The van der Waals surface area contributed by atoms with E-state index in [4.69, 9.17) is 0 Å². The fourth-order valence-electron chi connectivity index (χ4n) is 2.10. The van der Waals surface area contributed by atoms with Gasteiger partial charge in [0.05, 0.1) is 12.0 Å². The van der Waals surface area contributed by atoms with Gasteiger partial charge in [0.25, 0.3) is 4.92 Å². The number of ether oxygens (including phenoxy) is 2. The van der Waals surface area contributed by atoms with E-state index in [1.54, 1.807) is 0 Å². The van der Waals surface area contributed by atoms with Gasteiger partial charge in [-0.2, -0.15) is 17.6 Å². The Bertz CT molecular complexity index is 645. The Hall–Kier alpha value is -2.39. The van der Waals surface area contributed by atoms with Crippen LogP contribution >= 0.6 is 0 Å². The Balaban J connectivity index is 2.52. The minimum Gasteiger partial charge on any atom is -0.466 e. The number of rotatable bonds is 3. The van der Waals surface area contributed by atoms with Crippen LogP contribution in [0.25, 0.3) is 0 Å². The third-order valence-corrected chi connectivity index (χ3v) is 3.19. The number of fused-ring (bicyclic) bond motifs is 1. The lowest BCUT2D eigenvalue weighted by Gasteiger charge is -2.27. The van der Waals surface area contributed by atoms with E-state index in [0.717, 1.165) is 20.3 Å². The molecule has 0 aromatic heterocycles. The Morgan fingerprint density at radius 2 is 2.00 bits per heavy atom. The lowest BCUT2D eigenvalue weighted by Crippen LogP contribution is -2.56. The average molecular weight is 324 g/mol. The number of benzene rings is 1. The topological polar surface area (TPSA) is 64.8 Å². The van der Waals surface area contributed by atoms with E-state index in [0.29, 0.717) is 6.07 Å². The first-order valence-electron chi connectivity index (χ1n) is 5.84. The van der Waals surface area contributed by atoms with Gasteiger partial charge in [0.15, 0.2) is 7.11 Å². The predicted octanol–water partition coefficient (Wildman–Crippen LogP) is 2.21. The number of alkyl halides is 3. The predicted molar refractivity (Wildman–Crippen MR) is 61.8 cm³/mol. The maximum Gasteiger partial charge on any atom is 0.439 e. The first-order valence-corrected chi connectivity index (χ1v) is 5.84. The summed E-state index contributed by atoms with van der Waals surface area (Å²) in [5, 5.41) is 0. The molecule has 22 heavy (non-hydrogen) atoms. The molecule has 0 fully saturated rings. The number of nitrogens with zero attached hydrogens (tertiary/aromatic N) is 1. The van der Waals surface area contributed by atoms with Crippen LogP contribution in [0, 0.1) is 10.7 Å². The highest BCUT2D eigenvalue weighted by molar-refractivity contribution is 5.83. The molecule has 6 nitrogen and oxygen atoms in total. The van der Waals surface area contributed by atoms with Crippen molar-refractivity contribution in [2.24, 2.45) is 0 Å². The molecule has 0 radical (unpaired) electrons. The molecule has 10 heteroatoms. The van der Waals surface area contributed by atoms with Crippen LogP contribution in [-0.2, 0) is 20.8 Å². The van der Waals surface area contributed by atoms with Gasteiger partial charge >= 0.3 is 23.4 Å². The molecule has 1 aliphatic rings. The van der Waals surface area contributed by atoms with E-state index in [2.05, 4.69) is 14.3 Å². The summed E-state index contributed by atoms with van der Waals surface area (Å²) >= 11 is 0. The minimum atomic E-state index is -5.09. The van der Waals surface area contributed by atoms with Gasteiger partial charge < -0.3 is 9.47 Å². The first kappa shape index (κ1) is 16.0. The summed E-state index contributed by atoms with van der Waals surface area (Å²) in [6, 6.07) is 1.42. The third kappa shape index (κ3) is 2.24. The van der Waals surface area contributed by atoms with E-state index in [1.165, 1.54) is 0 Å².